The van der Waals surface area contributed by atoms with E-state index in [1.165, 1.54) is 11.1 Å². The Morgan fingerprint density at radius 1 is 1.36 bits per heavy atom. The van der Waals surface area contributed by atoms with Gasteiger partial charge >= 0.3 is 6.03 Å². The van der Waals surface area contributed by atoms with Crippen molar-refractivity contribution in [2.24, 2.45) is 5.92 Å². The van der Waals surface area contributed by atoms with Gasteiger partial charge in [0, 0.05) is 38.8 Å². The Bertz CT molecular complexity index is 594. The van der Waals surface area contributed by atoms with Crippen LogP contribution in [-0.2, 0) is 10.2 Å². The van der Waals surface area contributed by atoms with Crippen LogP contribution >= 0.6 is 0 Å². The first-order valence-corrected chi connectivity index (χ1v) is 9.33. The van der Waals surface area contributed by atoms with Gasteiger partial charge in [0.05, 0.1) is 6.10 Å². The quantitative estimate of drug-likeness (QED) is 0.832. The monoisotopic (exact) mass is 346 g/mol. The van der Waals surface area contributed by atoms with E-state index in [2.05, 4.69) is 36.5 Å². The van der Waals surface area contributed by atoms with Gasteiger partial charge in [0.15, 0.2) is 0 Å². The Kier molecular flexibility index (Phi) is 5.64. The van der Waals surface area contributed by atoms with Crippen LogP contribution in [0.1, 0.15) is 36.8 Å². The number of nitrogens with zero attached hydrogens (tertiary/aromatic N) is 1. The lowest BCUT2D eigenvalue weighted by atomic mass is 9.72. The summed E-state index contributed by atoms with van der Waals surface area (Å²) in [6.07, 6.45) is 3.57. The van der Waals surface area contributed by atoms with Crippen LogP contribution in [0.3, 0.4) is 0 Å². The Hall–Kier alpha value is -1.59. The number of carbonyl (C=O) groups is 1. The summed E-state index contributed by atoms with van der Waals surface area (Å²) in [6, 6.07) is 8.32. The second-order valence-electron chi connectivity index (χ2n) is 7.65. The molecule has 1 saturated carbocycles. The summed E-state index contributed by atoms with van der Waals surface area (Å²) in [5.74, 6) is 0.379. The van der Waals surface area contributed by atoms with E-state index in [4.69, 9.17) is 4.74 Å². The first kappa shape index (κ1) is 18.2. The molecule has 2 amide bonds. The molecule has 2 fully saturated rings. The summed E-state index contributed by atoms with van der Waals surface area (Å²) in [6.45, 7) is 4.58. The molecule has 2 aliphatic rings. The van der Waals surface area contributed by atoms with E-state index in [-0.39, 0.29) is 11.4 Å². The summed E-state index contributed by atoms with van der Waals surface area (Å²) >= 11 is 0. The number of rotatable bonds is 6. The molecule has 1 aromatic rings. The normalized spacial score (nSPS) is 20.8. The lowest BCUT2D eigenvalue weighted by Crippen LogP contribution is -2.49. The van der Waals surface area contributed by atoms with Crippen molar-refractivity contribution in [1.29, 1.82) is 0 Å². The molecule has 1 aromatic carbocycles. The van der Waals surface area contributed by atoms with Gasteiger partial charge < -0.3 is 20.1 Å². The zero-order valence-electron chi connectivity index (χ0n) is 15.3. The molecule has 25 heavy (non-hydrogen) atoms. The van der Waals surface area contributed by atoms with Crippen LogP contribution < -0.4 is 5.32 Å². The number of carbonyl (C=O) groups excluding carboxylic acids is 1. The van der Waals surface area contributed by atoms with Gasteiger partial charge in [-0.3, -0.25) is 0 Å². The number of aliphatic hydroxyl groups excluding tert-OH is 1. The summed E-state index contributed by atoms with van der Waals surface area (Å²) in [5.41, 5.74) is 2.49. The average Bonchev–Trinajstić information content (AvgIpc) is 3.46. The van der Waals surface area contributed by atoms with Crippen LogP contribution in [-0.4, -0.2) is 55.5 Å². The number of urea groups is 1. The Labute approximate surface area is 150 Å². The number of nitrogens with one attached hydrogen (secondary N) is 1. The molecule has 5 nitrogen and oxygen atoms in total. The Morgan fingerprint density at radius 3 is 2.68 bits per heavy atom. The predicted octanol–water partition coefficient (Wildman–Crippen LogP) is 2.46. The number of hydrogen-bond acceptors (Lipinski definition) is 3. The van der Waals surface area contributed by atoms with Crippen molar-refractivity contribution < 1.29 is 14.6 Å². The van der Waals surface area contributed by atoms with Crippen LogP contribution in [0, 0.1) is 12.8 Å². The molecule has 1 unspecified atom stereocenters. The number of aryl methyl sites for hydroxylation is 1. The van der Waals surface area contributed by atoms with Crippen molar-refractivity contribution in [2.75, 3.05) is 33.4 Å². The minimum absolute atomic E-state index is 0.0742. The predicted molar refractivity (Wildman–Crippen MR) is 97.7 cm³/mol. The topological polar surface area (TPSA) is 61.8 Å². The van der Waals surface area contributed by atoms with E-state index < -0.39 is 6.10 Å². The van der Waals surface area contributed by atoms with Gasteiger partial charge in [0.25, 0.3) is 0 Å². The molecular weight excluding hydrogens is 316 g/mol. The second-order valence-corrected chi connectivity index (χ2v) is 7.65. The first-order chi connectivity index (χ1) is 12.0. The third-order valence-corrected chi connectivity index (χ3v) is 5.72. The van der Waals surface area contributed by atoms with Gasteiger partial charge in [0.2, 0.25) is 0 Å². The third-order valence-electron chi connectivity index (χ3n) is 5.72. The minimum Gasteiger partial charge on any atom is -0.391 e. The average molecular weight is 346 g/mol. The molecule has 1 heterocycles. The Morgan fingerprint density at radius 2 is 2.04 bits per heavy atom. The van der Waals surface area contributed by atoms with Gasteiger partial charge in [-0.15, -0.1) is 0 Å². The standard InChI is InChI=1S/C20H30N2O3/c1-15-5-3-4-6-17(15)20(9-11-25-12-10-20)14-21-19(24)22(2)13-18(23)16-7-8-16/h3-6,16,18,23H,7-14H2,1-2H3,(H,21,24). The maximum atomic E-state index is 12.5. The smallest absolute Gasteiger partial charge is 0.317 e. The van der Waals surface area contributed by atoms with Crippen LogP contribution in [0.25, 0.3) is 0 Å². The van der Waals surface area contributed by atoms with E-state index in [9.17, 15) is 9.90 Å². The second kappa shape index (κ2) is 7.75. The van der Waals surface area contributed by atoms with E-state index in [1.807, 2.05) is 0 Å². The zero-order chi connectivity index (χ0) is 17.9. The van der Waals surface area contributed by atoms with E-state index in [0.717, 1.165) is 38.9 Å². The molecule has 1 aliphatic heterocycles. The lowest BCUT2D eigenvalue weighted by molar-refractivity contribution is 0.0496. The molecule has 0 aromatic heterocycles. The van der Waals surface area contributed by atoms with Crippen LogP contribution in [0.2, 0.25) is 0 Å². The highest BCUT2D eigenvalue weighted by atomic mass is 16.5. The largest absolute Gasteiger partial charge is 0.391 e. The number of likely N-dealkylation sites (N-methyl/N-ethyl adjacent to an activating group) is 1. The van der Waals surface area contributed by atoms with Gasteiger partial charge in [0.1, 0.15) is 0 Å². The fraction of sp³-hybridized carbons (Fsp3) is 0.650. The molecule has 0 spiro atoms. The summed E-state index contributed by atoms with van der Waals surface area (Å²) in [5, 5.41) is 13.2. The molecule has 2 N–H and O–H groups in total. The highest BCUT2D eigenvalue weighted by Crippen LogP contribution is 2.36. The number of benzene rings is 1. The van der Waals surface area contributed by atoms with Gasteiger partial charge in [-0.2, -0.15) is 0 Å². The zero-order valence-corrected chi connectivity index (χ0v) is 15.3. The minimum atomic E-state index is -0.399. The molecule has 3 rings (SSSR count). The molecular formula is C20H30N2O3. The maximum Gasteiger partial charge on any atom is 0.317 e. The third kappa shape index (κ3) is 4.33. The van der Waals surface area contributed by atoms with Crippen molar-refractivity contribution in [3.05, 3.63) is 35.4 Å². The fourth-order valence-electron chi connectivity index (χ4n) is 3.84. The van der Waals surface area contributed by atoms with Gasteiger partial charge in [-0.25, -0.2) is 4.79 Å². The summed E-state index contributed by atoms with van der Waals surface area (Å²) in [7, 11) is 1.76. The molecule has 0 radical (unpaired) electrons. The van der Waals surface area contributed by atoms with E-state index >= 15 is 0 Å². The van der Waals surface area contributed by atoms with Crippen molar-refractivity contribution in [1.82, 2.24) is 10.2 Å². The first-order valence-electron chi connectivity index (χ1n) is 9.33. The van der Waals surface area contributed by atoms with E-state index in [1.54, 1.807) is 11.9 Å². The van der Waals surface area contributed by atoms with Crippen LogP contribution in [0.5, 0.6) is 0 Å². The Balaban J connectivity index is 1.64. The molecule has 138 valence electrons. The lowest BCUT2D eigenvalue weighted by Gasteiger charge is -2.39. The molecule has 1 saturated heterocycles. The fourth-order valence-corrected chi connectivity index (χ4v) is 3.84. The number of hydrogen-bond donors (Lipinski definition) is 2. The summed E-state index contributed by atoms with van der Waals surface area (Å²) in [4.78, 5) is 14.1. The van der Waals surface area contributed by atoms with Crippen molar-refractivity contribution in [2.45, 2.75) is 44.1 Å². The number of ether oxygens (including phenoxy) is 1. The summed E-state index contributed by atoms with van der Waals surface area (Å²) < 4.78 is 5.57. The molecule has 0 bridgehead atoms. The van der Waals surface area contributed by atoms with Crippen LogP contribution in [0.4, 0.5) is 4.79 Å². The number of amides is 2. The SMILES string of the molecule is Cc1ccccc1C1(CNC(=O)N(C)CC(O)C2CC2)CCOCC1. The van der Waals surface area contributed by atoms with E-state index in [0.29, 0.717) is 19.0 Å². The van der Waals surface area contributed by atoms with Gasteiger partial charge in [-0.1, -0.05) is 24.3 Å². The van der Waals surface area contributed by atoms with Crippen molar-refractivity contribution in [3.63, 3.8) is 0 Å². The molecule has 1 aliphatic carbocycles. The van der Waals surface area contributed by atoms with Crippen molar-refractivity contribution in [3.8, 4) is 0 Å². The highest BCUT2D eigenvalue weighted by molar-refractivity contribution is 5.74. The van der Waals surface area contributed by atoms with Gasteiger partial charge in [-0.05, 0) is 49.7 Å². The highest BCUT2D eigenvalue weighted by Gasteiger charge is 2.36. The van der Waals surface area contributed by atoms with Crippen LogP contribution in [0.15, 0.2) is 24.3 Å². The molecule has 5 heteroatoms. The number of aliphatic hydroxyl groups is 1. The van der Waals surface area contributed by atoms with Crippen molar-refractivity contribution >= 4 is 6.03 Å². The molecule has 1 atom stereocenters. The maximum absolute atomic E-state index is 12.5.